The minimum atomic E-state index is -0.684. The molecule has 3 atom stereocenters. The molecule has 2 fully saturated rings. The minimum absolute atomic E-state index is 0.158. The van der Waals surface area contributed by atoms with Gasteiger partial charge in [0.2, 0.25) is 5.91 Å². The van der Waals surface area contributed by atoms with Crippen molar-refractivity contribution in [3.8, 4) is 0 Å². The van der Waals surface area contributed by atoms with Gasteiger partial charge in [-0.2, -0.15) is 5.06 Å². The topological polar surface area (TPSA) is 49.9 Å². The van der Waals surface area contributed by atoms with Crippen molar-refractivity contribution < 1.29 is 14.4 Å². The molecule has 20 heavy (non-hydrogen) atoms. The van der Waals surface area contributed by atoms with Crippen LogP contribution in [0.4, 0.5) is 0 Å². The van der Waals surface area contributed by atoms with Crippen molar-refractivity contribution in [2.75, 3.05) is 13.6 Å². The molecule has 2 saturated heterocycles. The van der Waals surface area contributed by atoms with Crippen LogP contribution in [0.5, 0.6) is 0 Å². The second-order valence-electron chi connectivity index (χ2n) is 5.50. The number of amides is 2. The minimum Gasteiger partial charge on any atom is -0.284 e. The zero-order chi connectivity index (χ0) is 14.0. The monoisotopic (exact) mass is 270 g/mol. The van der Waals surface area contributed by atoms with E-state index in [-0.39, 0.29) is 17.9 Å². The van der Waals surface area contributed by atoms with Crippen molar-refractivity contribution >= 4 is 17.4 Å². The van der Waals surface area contributed by atoms with Gasteiger partial charge in [0, 0.05) is 13.6 Å². The van der Waals surface area contributed by atoms with Gasteiger partial charge in [-0.25, -0.2) is 0 Å². The number of nitrogens with zero attached hydrogens (tertiary/aromatic N) is 2. The van der Waals surface area contributed by atoms with Crippen LogP contribution in [0, 0.1) is 5.92 Å². The van der Waals surface area contributed by atoms with Gasteiger partial charge in [0.1, 0.15) is 0 Å². The average molecular weight is 270 g/mol. The largest absolute Gasteiger partial charge is 0.284 e. The van der Waals surface area contributed by atoms with Gasteiger partial charge in [0.15, 0.2) is 6.10 Å². The van der Waals surface area contributed by atoms with Crippen molar-refractivity contribution in [1.29, 1.82) is 0 Å². The normalized spacial score (nSPS) is 32.4. The lowest BCUT2D eigenvalue weighted by Gasteiger charge is -2.33. The van der Waals surface area contributed by atoms with E-state index in [1.165, 1.54) is 11.9 Å². The number of carbonyl (C=O) groups is 2. The Labute approximate surface area is 116 Å². The number of fused-ring (bicyclic) bond motifs is 5. The standard InChI is InChI=1S/C15H14N2O3/c1-8-7-17-12(10-6-4-3-5-9(8)10)11-13(20-17)15(19)16(2)14(11)18/h3-6,11-13H,1,7H2,2H3/t11-,12-,13+/m0/s1. The molecule has 0 N–H and O–H groups in total. The van der Waals surface area contributed by atoms with Crippen molar-refractivity contribution in [3.63, 3.8) is 0 Å². The number of hydrogen-bond donors (Lipinski definition) is 0. The molecule has 0 unspecified atom stereocenters. The summed E-state index contributed by atoms with van der Waals surface area (Å²) in [6.07, 6.45) is -0.684. The highest BCUT2D eigenvalue weighted by Crippen LogP contribution is 2.48. The highest BCUT2D eigenvalue weighted by atomic mass is 16.7. The van der Waals surface area contributed by atoms with E-state index < -0.39 is 12.0 Å². The van der Waals surface area contributed by atoms with E-state index in [2.05, 4.69) is 6.58 Å². The highest BCUT2D eigenvalue weighted by Gasteiger charge is 2.59. The Morgan fingerprint density at radius 1 is 1.25 bits per heavy atom. The first-order valence-corrected chi connectivity index (χ1v) is 6.61. The molecular formula is C15H14N2O3. The number of likely N-dealkylation sites (tertiary alicyclic amines) is 1. The summed E-state index contributed by atoms with van der Waals surface area (Å²) in [5, 5.41) is 1.74. The summed E-state index contributed by atoms with van der Waals surface area (Å²) in [5.74, 6) is -0.853. The molecule has 5 heteroatoms. The van der Waals surface area contributed by atoms with E-state index in [1.54, 1.807) is 5.06 Å². The van der Waals surface area contributed by atoms with Crippen molar-refractivity contribution in [3.05, 3.63) is 42.0 Å². The zero-order valence-corrected chi connectivity index (χ0v) is 11.1. The number of imide groups is 1. The van der Waals surface area contributed by atoms with Crippen LogP contribution >= 0.6 is 0 Å². The summed E-state index contributed by atoms with van der Waals surface area (Å²) < 4.78 is 0. The lowest BCUT2D eigenvalue weighted by atomic mass is 9.84. The van der Waals surface area contributed by atoms with Crippen molar-refractivity contribution in [1.82, 2.24) is 9.96 Å². The first kappa shape index (κ1) is 11.8. The second-order valence-corrected chi connectivity index (χ2v) is 5.50. The number of benzene rings is 1. The Balaban J connectivity index is 1.86. The Morgan fingerprint density at radius 2 is 2.00 bits per heavy atom. The predicted octanol–water partition coefficient (Wildman–Crippen LogP) is 0.985. The number of likely N-dealkylation sites (N-methyl/N-ethyl adjacent to an activating group) is 1. The molecule has 5 nitrogen and oxygen atoms in total. The molecule has 0 bridgehead atoms. The Morgan fingerprint density at radius 3 is 2.80 bits per heavy atom. The molecule has 0 aliphatic carbocycles. The lowest BCUT2D eigenvalue weighted by molar-refractivity contribution is -0.174. The fourth-order valence-electron chi connectivity index (χ4n) is 3.44. The Bertz CT molecular complexity index is 654. The third-order valence-electron chi connectivity index (χ3n) is 4.42. The Hall–Kier alpha value is -1.98. The molecule has 0 aromatic heterocycles. The van der Waals surface area contributed by atoms with Crippen LogP contribution in [0.1, 0.15) is 17.2 Å². The van der Waals surface area contributed by atoms with Crippen LogP contribution < -0.4 is 0 Å². The molecule has 0 spiro atoms. The van der Waals surface area contributed by atoms with Crippen LogP contribution in [0.15, 0.2) is 30.8 Å². The lowest BCUT2D eigenvalue weighted by Crippen LogP contribution is -2.37. The molecule has 3 aliphatic heterocycles. The van der Waals surface area contributed by atoms with E-state index in [0.29, 0.717) is 6.54 Å². The molecule has 3 aliphatic rings. The maximum absolute atomic E-state index is 12.3. The molecule has 2 amide bonds. The van der Waals surface area contributed by atoms with Gasteiger partial charge in [-0.1, -0.05) is 30.8 Å². The summed E-state index contributed by atoms with van der Waals surface area (Å²) >= 11 is 0. The third kappa shape index (κ3) is 1.29. The molecule has 0 saturated carbocycles. The summed E-state index contributed by atoms with van der Waals surface area (Å²) in [4.78, 5) is 31.3. The van der Waals surface area contributed by atoms with E-state index in [1.807, 2.05) is 24.3 Å². The van der Waals surface area contributed by atoms with Crippen molar-refractivity contribution in [2.45, 2.75) is 12.1 Å². The van der Waals surface area contributed by atoms with Crippen LogP contribution in [0.25, 0.3) is 5.57 Å². The van der Waals surface area contributed by atoms with Crippen LogP contribution in [0.3, 0.4) is 0 Å². The first-order valence-electron chi connectivity index (χ1n) is 6.61. The van der Waals surface area contributed by atoms with Crippen LogP contribution in [-0.2, 0) is 14.4 Å². The zero-order valence-electron chi connectivity index (χ0n) is 11.1. The highest BCUT2D eigenvalue weighted by molar-refractivity contribution is 6.07. The molecule has 102 valence electrons. The maximum Gasteiger partial charge on any atom is 0.261 e. The van der Waals surface area contributed by atoms with Crippen LogP contribution in [-0.4, -0.2) is 41.5 Å². The molecule has 1 aromatic rings. The molecular weight excluding hydrogens is 256 g/mol. The van der Waals surface area contributed by atoms with E-state index in [4.69, 9.17) is 4.84 Å². The van der Waals surface area contributed by atoms with Gasteiger partial charge < -0.3 is 0 Å². The summed E-state index contributed by atoms with van der Waals surface area (Å²) in [7, 11) is 1.52. The fraction of sp³-hybridized carbons (Fsp3) is 0.333. The van der Waals surface area contributed by atoms with Gasteiger partial charge in [-0.3, -0.25) is 19.3 Å². The maximum atomic E-state index is 12.3. The smallest absolute Gasteiger partial charge is 0.261 e. The van der Waals surface area contributed by atoms with Gasteiger partial charge in [0.05, 0.1) is 12.0 Å². The average Bonchev–Trinajstić information content (AvgIpc) is 2.92. The number of carbonyl (C=O) groups excluding carboxylic acids is 2. The van der Waals surface area contributed by atoms with Crippen molar-refractivity contribution in [2.24, 2.45) is 5.92 Å². The summed E-state index contributed by atoms with van der Waals surface area (Å²) in [6.45, 7) is 4.59. The predicted molar refractivity (Wildman–Crippen MR) is 71.1 cm³/mol. The summed E-state index contributed by atoms with van der Waals surface area (Å²) in [5.41, 5.74) is 3.03. The SMILES string of the molecule is C=C1CN2O[C@H]3C(=O)N(C)C(=O)[C@H]3[C@@H]2c2ccccc21. The summed E-state index contributed by atoms with van der Waals surface area (Å²) in [6, 6.07) is 7.70. The van der Waals surface area contributed by atoms with E-state index >= 15 is 0 Å². The van der Waals surface area contributed by atoms with E-state index in [9.17, 15) is 9.59 Å². The Kier molecular flexibility index (Phi) is 2.23. The number of hydrogen-bond acceptors (Lipinski definition) is 4. The molecule has 1 aromatic carbocycles. The van der Waals surface area contributed by atoms with Gasteiger partial charge in [-0.15, -0.1) is 0 Å². The van der Waals surface area contributed by atoms with Crippen LogP contribution in [0.2, 0.25) is 0 Å². The third-order valence-corrected chi connectivity index (χ3v) is 4.42. The second kappa shape index (κ2) is 3.77. The molecule has 0 radical (unpaired) electrons. The van der Waals surface area contributed by atoms with Gasteiger partial charge in [-0.05, 0) is 16.7 Å². The number of rotatable bonds is 0. The van der Waals surface area contributed by atoms with Gasteiger partial charge in [0.25, 0.3) is 5.91 Å². The van der Waals surface area contributed by atoms with E-state index in [0.717, 1.165) is 16.7 Å². The fourth-order valence-corrected chi connectivity index (χ4v) is 3.44. The number of hydroxylamine groups is 2. The molecule has 4 rings (SSSR count). The quantitative estimate of drug-likeness (QED) is 0.660. The first-order chi connectivity index (χ1) is 9.59. The molecule has 3 heterocycles. The van der Waals surface area contributed by atoms with Gasteiger partial charge >= 0.3 is 0 Å².